The van der Waals surface area contributed by atoms with Crippen molar-refractivity contribution in [1.29, 1.82) is 0 Å². The van der Waals surface area contributed by atoms with Gasteiger partial charge in [-0.25, -0.2) is 0 Å². The highest BCUT2D eigenvalue weighted by Gasteiger charge is 2.21. The lowest BCUT2D eigenvalue weighted by atomic mass is 9.94. The van der Waals surface area contributed by atoms with Crippen molar-refractivity contribution < 1.29 is 8.42 Å². The van der Waals surface area contributed by atoms with Crippen molar-refractivity contribution in [3.05, 3.63) is 78.5 Å². The van der Waals surface area contributed by atoms with Crippen molar-refractivity contribution in [3.63, 3.8) is 0 Å². The number of para-hydroxylation sites is 1. The zero-order valence-corrected chi connectivity index (χ0v) is 13.7. The molecule has 0 aliphatic heterocycles. The molecule has 118 valence electrons. The number of benzene rings is 2. The van der Waals surface area contributed by atoms with Crippen LogP contribution >= 0.6 is 0 Å². The standard InChI is InChI=1S/C20H15NO2S/c22-24(23)18-13-7-5-11-16(18)20-19(14-8-2-1-3-9-14)15-10-4-6-12-17(15)21-20/h1-12,21H,13H2. The van der Waals surface area contributed by atoms with Crippen LogP contribution in [0.15, 0.2) is 72.8 Å². The van der Waals surface area contributed by atoms with Crippen LogP contribution in [0.3, 0.4) is 0 Å². The summed E-state index contributed by atoms with van der Waals surface area (Å²) in [6.07, 6.45) is 6.06. The Balaban J connectivity index is 2.08. The van der Waals surface area contributed by atoms with E-state index in [1.54, 1.807) is 0 Å². The number of fused-ring (bicyclic) bond motifs is 1. The zero-order valence-electron chi connectivity index (χ0n) is 12.9. The van der Waals surface area contributed by atoms with E-state index in [2.05, 4.69) is 11.1 Å². The molecule has 0 bridgehead atoms. The van der Waals surface area contributed by atoms with E-state index in [4.69, 9.17) is 0 Å². The second-order valence-corrected chi connectivity index (χ2v) is 6.62. The summed E-state index contributed by atoms with van der Waals surface area (Å²) in [5.41, 5.74) is 4.69. The lowest BCUT2D eigenvalue weighted by Crippen LogP contribution is -2.06. The van der Waals surface area contributed by atoms with Gasteiger partial charge in [0.25, 0.3) is 0 Å². The van der Waals surface area contributed by atoms with E-state index in [1.807, 2.05) is 66.8 Å². The molecule has 1 heterocycles. The van der Waals surface area contributed by atoms with Crippen molar-refractivity contribution in [2.45, 2.75) is 6.42 Å². The van der Waals surface area contributed by atoms with Gasteiger partial charge in [-0.05, 0) is 11.6 Å². The Morgan fingerprint density at radius 2 is 1.67 bits per heavy atom. The smallest absolute Gasteiger partial charge is 0.218 e. The third-order valence-electron chi connectivity index (χ3n) is 4.24. The van der Waals surface area contributed by atoms with Gasteiger partial charge in [-0.15, -0.1) is 0 Å². The van der Waals surface area contributed by atoms with E-state index in [9.17, 15) is 8.42 Å². The highest BCUT2D eigenvalue weighted by Crippen LogP contribution is 2.37. The molecule has 1 aliphatic rings. The molecule has 3 aromatic rings. The first kappa shape index (κ1) is 14.7. The summed E-state index contributed by atoms with van der Waals surface area (Å²) >= 11 is 0. The van der Waals surface area contributed by atoms with Gasteiger partial charge in [0.15, 0.2) is 0 Å². The van der Waals surface area contributed by atoms with Crippen molar-refractivity contribution in [1.82, 2.24) is 4.98 Å². The van der Waals surface area contributed by atoms with Gasteiger partial charge >= 0.3 is 0 Å². The van der Waals surface area contributed by atoms with Gasteiger partial charge in [0.2, 0.25) is 10.3 Å². The number of rotatable bonds is 2. The Morgan fingerprint density at radius 3 is 2.46 bits per heavy atom. The van der Waals surface area contributed by atoms with Crippen molar-refractivity contribution in [3.8, 4) is 11.1 Å². The first-order chi connectivity index (χ1) is 11.8. The zero-order chi connectivity index (χ0) is 16.5. The lowest BCUT2D eigenvalue weighted by Gasteiger charge is -2.11. The van der Waals surface area contributed by atoms with Crippen LogP contribution in [0, 0.1) is 0 Å². The number of hydrogen-bond donors (Lipinski definition) is 1. The number of nitrogens with one attached hydrogen (secondary N) is 1. The summed E-state index contributed by atoms with van der Waals surface area (Å²) < 4.78 is 23.4. The van der Waals surface area contributed by atoms with E-state index in [-0.39, 0.29) is 0 Å². The van der Waals surface area contributed by atoms with Gasteiger partial charge in [-0.3, -0.25) is 0 Å². The predicted molar refractivity (Wildman–Crippen MR) is 99.4 cm³/mol. The molecule has 0 fully saturated rings. The molecule has 4 heteroatoms. The highest BCUT2D eigenvalue weighted by molar-refractivity contribution is 7.74. The van der Waals surface area contributed by atoms with E-state index >= 15 is 0 Å². The molecule has 0 spiro atoms. The summed E-state index contributed by atoms with van der Waals surface area (Å²) in [6.45, 7) is 0. The van der Waals surface area contributed by atoms with Crippen molar-refractivity contribution >= 4 is 31.6 Å². The Kier molecular flexibility index (Phi) is 3.67. The topological polar surface area (TPSA) is 49.9 Å². The van der Waals surface area contributed by atoms with Gasteiger partial charge in [0.1, 0.15) is 0 Å². The molecular weight excluding hydrogens is 318 g/mol. The summed E-state index contributed by atoms with van der Waals surface area (Å²) in [4.78, 5) is 3.84. The van der Waals surface area contributed by atoms with E-state index in [1.165, 1.54) is 0 Å². The maximum Gasteiger partial charge on any atom is 0.218 e. The van der Waals surface area contributed by atoms with Gasteiger partial charge in [-0.1, -0.05) is 66.8 Å². The number of allylic oxidation sites excluding steroid dienone is 4. The molecule has 4 rings (SSSR count). The molecule has 2 aromatic carbocycles. The molecule has 0 amide bonds. The van der Waals surface area contributed by atoms with E-state index < -0.39 is 10.3 Å². The van der Waals surface area contributed by atoms with Gasteiger partial charge in [-0.2, -0.15) is 8.42 Å². The van der Waals surface area contributed by atoms with Crippen molar-refractivity contribution in [2.24, 2.45) is 0 Å². The lowest BCUT2D eigenvalue weighted by molar-refractivity contribution is 0.627. The molecular formula is C20H15NO2S. The van der Waals surface area contributed by atoms with Crippen LogP contribution in [0.2, 0.25) is 0 Å². The normalized spacial score (nSPS) is 14.0. The predicted octanol–water partition coefficient (Wildman–Crippen LogP) is 4.23. The molecule has 0 radical (unpaired) electrons. The van der Waals surface area contributed by atoms with E-state index in [0.29, 0.717) is 11.3 Å². The fourth-order valence-electron chi connectivity index (χ4n) is 3.17. The first-order valence-corrected chi connectivity index (χ1v) is 8.82. The van der Waals surface area contributed by atoms with Gasteiger partial charge in [0.05, 0.1) is 10.6 Å². The van der Waals surface area contributed by atoms with Crippen molar-refractivity contribution in [2.75, 3.05) is 0 Å². The Labute approximate surface area is 141 Å². The van der Waals surface area contributed by atoms with Crippen LogP contribution in [0.1, 0.15) is 12.1 Å². The van der Waals surface area contributed by atoms with Crippen LogP contribution in [0.5, 0.6) is 0 Å². The Hall–Kier alpha value is -2.85. The van der Waals surface area contributed by atoms with Gasteiger partial charge in [0, 0.05) is 28.5 Å². The number of aromatic amines is 1. The summed E-state index contributed by atoms with van der Waals surface area (Å²) in [5, 5.41) is 1.09. The van der Waals surface area contributed by atoms with E-state index in [0.717, 1.165) is 33.3 Å². The molecule has 1 aliphatic carbocycles. The Morgan fingerprint density at radius 1 is 0.917 bits per heavy atom. The van der Waals surface area contributed by atoms with Gasteiger partial charge < -0.3 is 4.98 Å². The molecule has 0 atom stereocenters. The van der Waals surface area contributed by atoms with Crippen LogP contribution in [-0.2, 0) is 10.3 Å². The summed E-state index contributed by atoms with van der Waals surface area (Å²) in [6, 6.07) is 18.1. The Bertz CT molecular complexity index is 1110. The minimum absolute atomic E-state index is 0.418. The van der Waals surface area contributed by atoms with Crippen LogP contribution in [0.25, 0.3) is 27.6 Å². The summed E-state index contributed by atoms with van der Waals surface area (Å²) in [7, 11) is -2.24. The first-order valence-electron chi connectivity index (χ1n) is 7.74. The summed E-state index contributed by atoms with van der Waals surface area (Å²) in [5.74, 6) is 0. The third-order valence-corrected chi connectivity index (χ3v) is 5.03. The SMILES string of the molecule is O=S(=O)=C1CC=CC=C1c1[nH]c2ccccc2c1-c1ccccc1. The second-order valence-electron chi connectivity index (χ2n) is 5.66. The fraction of sp³-hybridized carbons (Fsp3) is 0.0500. The number of H-pyrrole nitrogens is 1. The number of aromatic nitrogens is 1. The second kappa shape index (κ2) is 5.98. The largest absolute Gasteiger partial charge is 0.354 e. The molecule has 0 saturated heterocycles. The van der Waals surface area contributed by atoms with Crippen LogP contribution in [-0.4, -0.2) is 18.3 Å². The third kappa shape index (κ3) is 2.41. The molecule has 1 N–H and O–H groups in total. The monoisotopic (exact) mass is 333 g/mol. The minimum atomic E-state index is -2.24. The quantitative estimate of drug-likeness (QED) is 0.714. The highest BCUT2D eigenvalue weighted by atomic mass is 32.2. The maximum absolute atomic E-state index is 11.7. The average molecular weight is 333 g/mol. The average Bonchev–Trinajstić information content (AvgIpc) is 3.01. The van der Waals surface area contributed by atoms with Crippen LogP contribution in [0.4, 0.5) is 0 Å². The number of hydrogen-bond acceptors (Lipinski definition) is 2. The molecule has 1 aromatic heterocycles. The van der Waals surface area contributed by atoms with Crippen LogP contribution < -0.4 is 0 Å². The molecule has 0 saturated carbocycles. The fourth-order valence-corrected chi connectivity index (χ4v) is 3.75. The molecule has 24 heavy (non-hydrogen) atoms. The molecule has 3 nitrogen and oxygen atoms in total. The molecule has 0 unspecified atom stereocenters. The maximum atomic E-state index is 11.7. The minimum Gasteiger partial charge on any atom is -0.354 e.